The van der Waals surface area contributed by atoms with Gasteiger partial charge < -0.3 is 11.1 Å². The summed E-state index contributed by atoms with van der Waals surface area (Å²) in [7, 11) is 0. The lowest BCUT2D eigenvalue weighted by Gasteiger charge is -2.18. The average molecular weight is 443 g/mol. The molecule has 33 heavy (non-hydrogen) atoms. The molecule has 0 aliphatic carbocycles. The lowest BCUT2D eigenvalue weighted by Crippen LogP contribution is -2.27. The zero-order valence-corrected chi connectivity index (χ0v) is 20.0. The number of nitrogens with one attached hydrogen (secondary N) is 1. The fourth-order valence-electron chi connectivity index (χ4n) is 4.02. The van der Waals surface area contributed by atoms with Crippen molar-refractivity contribution >= 4 is 11.8 Å². The first-order valence-corrected chi connectivity index (χ1v) is 11.6. The van der Waals surface area contributed by atoms with Crippen LogP contribution in [0.3, 0.4) is 0 Å². The maximum Gasteiger partial charge on any atom is 0.251 e. The Balaban J connectivity index is 1.67. The molecule has 0 bridgehead atoms. The number of carbonyl (C=O) groups excluding carboxylic acids is 2. The SMILES string of the molecule is CC(C)c1ccc(C(=O)NC[C@H](C)c2ccc(C[C@H](C)c3ccccc3)c(C(N)=O)c2)cc1. The minimum atomic E-state index is -0.423. The molecule has 0 fully saturated rings. The van der Waals surface area contributed by atoms with Crippen LogP contribution in [0.4, 0.5) is 0 Å². The number of rotatable bonds is 9. The summed E-state index contributed by atoms with van der Waals surface area (Å²) in [6.07, 6.45) is 0.736. The van der Waals surface area contributed by atoms with Crippen molar-refractivity contribution in [2.24, 2.45) is 5.73 Å². The third-order valence-electron chi connectivity index (χ3n) is 6.27. The number of primary amides is 1. The molecule has 0 aliphatic rings. The van der Waals surface area contributed by atoms with E-state index in [1.54, 1.807) is 0 Å². The van der Waals surface area contributed by atoms with Crippen molar-refractivity contribution in [2.75, 3.05) is 6.54 Å². The third-order valence-corrected chi connectivity index (χ3v) is 6.27. The molecule has 3 aromatic carbocycles. The number of hydrogen-bond donors (Lipinski definition) is 2. The molecule has 0 aliphatic heterocycles. The van der Waals surface area contributed by atoms with E-state index in [4.69, 9.17) is 5.73 Å². The number of nitrogens with two attached hydrogens (primary N) is 1. The Morgan fingerprint density at radius 3 is 2.03 bits per heavy atom. The van der Waals surface area contributed by atoms with Crippen LogP contribution < -0.4 is 11.1 Å². The second kappa shape index (κ2) is 11.0. The van der Waals surface area contributed by atoms with Crippen LogP contribution in [0.2, 0.25) is 0 Å². The summed E-state index contributed by atoms with van der Waals surface area (Å²) in [6, 6.07) is 23.9. The molecule has 0 saturated heterocycles. The molecular weight excluding hydrogens is 408 g/mol. The van der Waals surface area contributed by atoms with E-state index in [1.807, 2.05) is 67.6 Å². The predicted molar refractivity (Wildman–Crippen MR) is 135 cm³/mol. The number of carbonyl (C=O) groups is 2. The highest BCUT2D eigenvalue weighted by Crippen LogP contribution is 2.25. The van der Waals surface area contributed by atoms with E-state index < -0.39 is 5.91 Å². The monoisotopic (exact) mass is 442 g/mol. The summed E-state index contributed by atoms with van der Waals surface area (Å²) < 4.78 is 0. The summed E-state index contributed by atoms with van der Waals surface area (Å²) >= 11 is 0. The van der Waals surface area contributed by atoms with E-state index in [1.165, 1.54) is 11.1 Å². The summed E-state index contributed by atoms with van der Waals surface area (Å²) in [4.78, 5) is 24.8. The van der Waals surface area contributed by atoms with Gasteiger partial charge in [-0.15, -0.1) is 0 Å². The molecule has 0 unspecified atom stereocenters. The quantitative estimate of drug-likeness (QED) is 0.440. The molecule has 2 amide bonds. The maximum atomic E-state index is 12.6. The van der Waals surface area contributed by atoms with Crippen LogP contribution >= 0.6 is 0 Å². The van der Waals surface area contributed by atoms with Crippen molar-refractivity contribution in [3.05, 3.63) is 106 Å². The van der Waals surface area contributed by atoms with E-state index in [-0.39, 0.29) is 17.7 Å². The number of hydrogen-bond acceptors (Lipinski definition) is 2. The van der Waals surface area contributed by atoms with Crippen molar-refractivity contribution < 1.29 is 9.59 Å². The zero-order chi connectivity index (χ0) is 24.0. The Morgan fingerprint density at radius 2 is 1.42 bits per heavy atom. The summed E-state index contributed by atoms with van der Waals surface area (Å²) in [5.41, 5.74) is 11.3. The van der Waals surface area contributed by atoms with Crippen molar-refractivity contribution in [3.63, 3.8) is 0 Å². The van der Waals surface area contributed by atoms with Crippen molar-refractivity contribution in [1.29, 1.82) is 0 Å². The second-order valence-corrected chi connectivity index (χ2v) is 9.18. The minimum absolute atomic E-state index is 0.0441. The predicted octanol–water partition coefficient (Wildman–Crippen LogP) is 5.79. The number of amides is 2. The van der Waals surface area contributed by atoms with Gasteiger partial charge in [0.25, 0.3) is 5.91 Å². The Morgan fingerprint density at radius 1 is 0.788 bits per heavy atom. The van der Waals surface area contributed by atoms with Gasteiger partial charge >= 0.3 is 0 Å². The second-order valence-electron chi connectivity index (χ2n) is 9.18. The van der Waals surface area contributed by atoms with Crippen LogP contribution in [0.15, 0.2) is 72.8 Å². The maximum absolute atomic E-state index is 12.6. The van der Waals surface area contributed by atoms with Crippen LogP contribution in [0.25, 0.3) is 0 Å². The standard InChI is InChI=1S/C29H34N2O2/c1-19(2)22-10-12-24(13-11-22)29(33)31-18-21(4)25-14-15-26(27(17-25)28(30)32)16-20(3)23-8-6-5-7-9-23/h5-15,17,19-21H,16,18H2,1-4H3,(H2,30,32)(H,31,33)/t20-,21-/m0/s1. The molecule has 3 rings (SSSR count). The van der Waals surface area contributed by atoms with Crippen LogP contribution in [0.1, 0.15) is 88.4 Å². The first-order valence-electron chi connectivity index (χ1n) is 11.6. The van der Waals surface area contributed by atoms with Crippen LogP contribution in [0, 0.1) is 0 Å². The molecule has 172 valence electrons. The summed E-state index contributed by atoms with van der Waals surface area (Å²) in [5.74, 6) is 0.228. The van der Waals surface area contributed by atoms with Gasteiger partial charge in [-0.3, -0.25) is 9.59 Å². The molecule has 0 aromatic heterocycles. The van der Waals surface area contributed by atoms with Gasteiger partial charge in [0.05, 0.1) is 0 Å². The zero-order valence-electron chi connectivity index (χ0n) is 20.0. The topological polar surface area (TPSA) is 72.2 Å². The summed E-state index contributed by atoms with van der Waals surface area (Å²) in [5, 5.41) is 3.01. The summed E-state index contributed by atoms with van der Waals surface area (Å²) in [6.45, 7) is 8.92. The average Bonchev–Trinajstić information content (AvgIpc) is 2.82. The highest BCUT2D eigenvalue weighted by molar-refractivity contribution is 5.95. The van der Waals surface area contributed by atoms with Crippen LogP contribution in [-0.2, 0) is 6.42 Å². The Kier molecular flexibility index (Phi) is 8.05. The van der Waals surface area contributed by atoms with E-state index >= 15 is 0 Å². The Labute approximate surface area is 197 Å². The van der Waals surface area contributed by atoms with Gasteiger partial charge in [0, 0.05) is 17.7 Å². The van der Waals surface area contributed by atoms with E-state index in [9.17, 15) is 9.59 Å². The third kappa shape index (κ3) is 6.32. The smallest absolute Gasteiger partial charge is 0.251 e. The molecule has 0 spiro atoms. The van der Waals surface area contributed by atoms with Crippen LogP contribution in [-0.4, -0.2) is 18.4 Å². The molecule has 0 radical (unpaired) electrons. The Hall–Kier alpha value is -3.40. The molecule has 4 heteroatoms. The molecule has 4 nitrogen and oxygen atoms in total. The molecule has 3 aromatic rings. The lowest BCUT2D eigenvalue weighted by molar-refractivity contribution is 0.0950. The van der Waals surface area contributed by atoms with Crippen LogP contribution in [0.5, 0.6) is 0 Å². The fraction of sp³-hybridized carbons (Fsp3) is 0.310. The van der Waals surface area contributed by atoms with Gasteiger partial charge in [0.2, 0.25) is 5.91 Å². The molecule has 2 atom stereocenters. The molecular formula is C29H34N2O2. The molecule has 0 saturated carbocycles. The number of benzene rings is 3. The van der Waals surface area contributed by atoms with Crippen molar-refractivity contribution in [1.82, 2.24) is 5.32 Å². The van der Waals surface area contributed by atoms with Gasteiger partial charge in [-0.05, 0) is 64.6 Å². The van der Waals surface area contributed by atoms with E-state index in [0.717, 1.165) is 17.5 Å². The highest BCUT2D eigenvalue weighted by atomic mass is 16.2. The molecule has 3 N–H and O–H groups in total. The normalized spacial score (nSPS) is 12.9. The van der Waals surface area contributed by atoms with Gasteiger partial charge in [0.15, 0.2) is 0 Å². The first-order chi connectivity index (χ1) is 15.8. The van der Waals surface area contributed by atoms with Gasteiger partial charge in [-0.2, -0.15) is 0 Å². The van der Waals surface area contributed by atoms with Gasteiger partial charge in [-0.25, -0.2) is 0 Å². The van der Waals surface area contributed by atoms with Crippen molar-refractivity contribution in [2.45, 2.75) is 51.9 Å². The van der Waals surface area contributed by atoms with E-state index in [2.05, 4.69) is 38.2 Å². The van der Waals surface area contributed by atoms with Gasteiger partial charge in [-0.1, -0.05) is 82.3 Å². The molecule has 0 heterocycles. The highest BCUT2D eigenvalue weighted by Gasteiger charge is 2.16. The first kappa shape index (κ1) is 24.2. The van der Waals surface area contributed by atoms with Gasteiger partial charge in [0.1, 0.15) is 0 Å². The fourth-order valence-corrected chi connectivity index (χ4v) is 4.02. The minimum Gasteiger partial charge on any atom is -0.366 e. The van der Waals surface area contributed by atoms with E-state index in [0.29, 0.717) is 23.6 Å². The lowest BCUT2D eigenvalue weighted by atomic mass is 9.89. The Bertz CT molecular complexity index is 1090. The van der Waals surface area contributed by atoms with Crippen molar-refractivity contribution in [3.8, 4) is 0 Å². The largest absolute Gasteiger partial charge is 0.366 e.